The average molecular weight is 338 g/mol. The minimum Gasteiger partial charge on any atom is -0.473 e. The van der Waals surface area contributed by atoms with Crippen molar-refractivity contribution < 1.29 is 29.3 Å². The van der Waals surface area contributed by atoms with E-state index in [9.17, 15) is 4.79 Å². The highest BCUT2D eigenvalue weighted by atomic mass is 16.5. The highest BCUT2D eigenvalue weighted by Crippen LogP contribution is 2.22. The Bertz CT molecular complexity index is 555. The molecule has 1 aliphatic heterocycles. The van der Waals surface area contributed by atoms with E-state index in [2.05, 4.69) is 17.0 Å². The van der Waals surface area contributed by atoms with Gasteiger partial charge in [-0.25, -0.2) is 9.59 Å². The Balaban J connectivity index is 0.000000413. The lowest BCUT2D eigenvalue weighted by Gasteiger charge is -2.37. The second-order valence-corrected chi connectivity index (χ2v) is 5.52. The average Bonchev–Trinajstić information content (AvgIpc) is 2.57. The van der Waals surface area contributed by atoms with Crippen molar-refractivity contribution in [1.82, 2.24) is 4.90 Å². The number of carboxylic acid groups (broad SMARTS) is 2. The fraction of sp³-hybridized carbons (Fsp3) is 0.438. The number of nitrogens with two attached hydrogens (primary N) is 1. The number of piperidine rings is 1. The molecule has 8 nitrogen and oxygen atoms in total. The molecule has 0 bridgehead atoms. The summed E-state index contributed by atoms with van der Waals surface area (Å²) in [5.41, 5.74) is 6.57. The Morgan fingerprint density at radius 1 is 1.12 bits per heavy atom. The van der Waals surface area contributed by atoms with Gasteiger partial charge in [0.25, 0.3) is 0 Å². The van der Waals surface area contributed by atoms with Crippen LogP contribution in [0.15, 0.2) is 30.3 Å². The predicted molar refractivity (Wildman–Crippen MR) is 85.2 cm³/mol. The summed E-state index contributed by atoms with van der Waals surface area (Å²) in [5, 5.41) is 14.8. The van der Waals surface area contributed by atoms with Crippen molar-refractivity contribution in [2.75, 3.05) is 20.2 Å². The van der Waals surface area contributed by atoms with Crippen LogP contribution in [0.3, 0.4) is 0 Å². The molecule has 0 aromatic heterocycles. The number of rotatable bonds is 3. The summed E-state index contributed by atoms with van der Waals surface area (Å²) < 4.78 is 4.76. The third-order valence-corrected chi connectivity index (χ3v) is 3.77. The zero-order valence-corrected chi connectivity index (χ0v) is 13.5. The lowest BCUT2D eigenvalue weighted by Crippen LogP contribution is -2.55. The quantitative estimate of drug-likeness (QED) is 0.530. The zero-order chi connectivity index (χ0) is 18.2. The molecule has 1 fully saturated rings. The summed E-state index contributed by atoms with van der Waals surface area (Å²) in [7, 11) is 1.40. The molecule has 1 heterocycles. The fourth-order valence-corrected chi connectivity index (χ4v) is 2.36. The Hall–Kier alpha value is -2.45. The van der Waals surface area contributed by atoms with Crippen LogP contribution < -0.4 is 5.73 Å². The molecule has 0 atom stereocenters. The lowest BCUT2D eigenvalue weighted by atomic mass is 9.88. The molecule has 24 heavy (non-hydrogen) atoms. The number of carbonyl (C=O) groups is 3. The van der Waals surface area contributed by atoms with Crippen molar-refractivity contribution in [2.24, 2.45) is 5.73 Å². The van der Waals surface area contributed by atoms with E-state index in [1.165, 1.54) is 12.7 Å². The number of ether oxygens (including phenoxy) is 1. The topological polar surface area (TPSA) is 130 Å². The number of likely N-dealkylation sites (tertiary alicyclic amines) is 1. The first kappa shape index (κ1) is 19.6. The molecule has 0 saturated carbocycles. The molecule has 1 aromatic carbocycles. The van der Waals surface area contributed by atoms with E-state index >= 15 is 0 Å². The predicted octanol–water partition coefficient (Wildman–Crippen LogP) is 0.308. The molecule has 1 saturated heterocycles. The summed E-state index contributed by atoms with van der Waals surface area (Å²) in [6.45, 7) is 2.58. The number of nitrogens with zero attached hydrogens (tertiary/aromatic N) is 1. The minimum atomic E-state index is -1.82. The van der Waals surface area contributed by atoms with Gasteiger partial charge in [0.15, 0.2) is 0 Å². The minimum absolute atomic E-state index is 0.290. The molecule has 132 valence electrons. The Labute approximate surface area is 139 Å². The standard InChI is InChI=1S/C14H20N2O2.C2H2O4/c1-18-13(17)14(15)7-9-16(10-8-14)11-12-5-3-2-4-6-12;3-1(4)2(5)6/h2-6H,7-11,15H2,1H3;(H,3,4)(H,5,6). The highest BCUT2D eigenvalue weighted by molar-refractivity contribution is 6.27. The zero-order valence-electron chi connectivity index (χ0n) is 13.5. The summed E-state index contributed by atoms with van der Waals surface area (Å²) in [4.78, 5) is 32.1. The van der Waals surface area contributed by atoms with Crippen molar-refractivity contribution >= 4 is 17.9 Å². The number of aliphatic carboxylic acids is 2. The summed E-state index contributed by atoms with van der Waals surface area (Å²) >= 11 is 0. The number of benzene rings is 1. The van der Waals surface area contributed by atoms with Gasteiger partial charge in [0.1, 0.15) is 5.54 Å². The number of esters is 1. The fourth-order valence-electron chi connectivity index (χ4n) is 2.36. The van der Waals surface area contributed by atoms with Crippen LogP contribution in [0, 0.1) is 0 Å². The second-order valence-electron chi connectivity index (χ2n) is 5.52. The Morgan fingerprint density at radius 2 is 1.62 bits per heavy atom. The Kier molecular flexibility index (Phi) is 7.34. The van der Waals surface area contributed by atoms with Crippen LogP contribution in [0.1, 0.15) is 18.4 Å². The normalized spacial score (nSPS) is 16.4. The van der Waals surface area contributed by atoms with Gasteiger partial charge in [-0.3, -0.25) is 9.69 Å². The first-order valence-corrected chi connectivity index (χ1v) is 7.38. The smallest absolute Gasteiger partial charge is 0.414 e. The molecule has 0 aliphatic carbocycles. The maximum atomic E-state index is 11.6. The van der Waals surface area contributed by atoms with Gasteiger partial charge in [0.05, 0.1) is 7.11 Å². The Morgan fingerprint density at radius 3 is 2.04 bits per heavy atom. The van der Waals surface area contributed by atoms with E-state index in [-0.39, 0.29) is 5.97 Å². The molecular formula is C16H22N2O6. The van der Waals surface area contributed by atoms with Gasteiger partial charge in [-0.15, -0.1) is 0 Å². The number of hydrogen-bond acceptors (Lipinski definition) is 6. The van der Waals surface area contributed by atoms with Crippen LogP contribution in [0.25, 0.3) is 0 Å². The van der Waals surface area contributed by atoms with Crippen molar-refractivity contribution in [3.05, 3.63) is 35.9 Å². The van der Waals surface area contributed by atoms with Crippen LogP contribution in [0.5, 0.6) is 0 Å². The van der Waals surface area contributed by atoms with E-state index in [4.69, 9.17) is 30.3 Å². The SMILES string of the molecule is COC(=O)C1(N)CCN(Cc2ccccc2)CC1.O=C(O)C(=O)O. The molecule has 0 radical (unpaired) electrons. The van der Waals surface area contributed by atoms with E-state index < -0.39 is 17.5 Å². The molecular weight excluding hydrogens is 316 g/mol. The van der Waals surface area contributed by atoms with Crippen LogP contribution in [-0.4, -0.2) is 58.8 Å². The summed E-state index contributed by atoms with van der Waals surface area (Å²) in [6.07, 6.45) is 1.32. The first-order chi connectivity index (χ1) is 11.3. The molecule has 0 unspecified atom stereocenters. The van der Waals surface area contributed by atoms with Crippen LogP contribution in [0.4, 0.5) is 0 Å². The third kappa shape index (κ3) is 5.98. The number of methoxy groups -OCH3 is 1. The maximum Gasteiger partial charge on any atom is 0.414 e. The molecule has 1 aromatic rings. The third-order valence-electron chi connectivity index (χ3n) is 3.77. The molecule has 1 aliphatic rings. The molecule has 4 N–H and O–H groups in total. The van der Waals surface area contributed by atoms with E-state index in [0.29, 0.717) is 12.8 Å². The van der Waals surface area contributed by atoms with Gasteiger partial charge in [0.2, 0.25) is 0 Å². The largest absolute Gasteiger partial charge is 0.473 e. The van der Waals surface area contributed by atoms with Gasteiger partial charge in [-0.05, 0) is 18.4 Å². The van der Waals surface area contributed by atoms with Gasteiger partial charge in [-0.2, -0.15) is 0 Å². The van der Waals surface area contributed by atoms with Crippen LogP contribution >= 0.6 is 0 Å². The monoisotopic (exact) mass is 338 g/mol. The van der Waals surface area contributed by atoms with Gasteiger partial charge >= 0.3 is 17.9 Å². The van der Waals surface area contributed by atoms with Gasteiger partial charge < -0.3 is 20.7 Å². The summed E-state index contributed by atoms with van der Waals surface area (Å²) in [5.74, 6) is -3.94. The highest BCUT2D eigenvalue weighted by Gasteiger charge is 2.38. The number of hydrogen-bond donors (Lipinski definition) is 3. The first-order valence-electron chi connectivity index (χ1n) is 7.38. The van der Waals surface area contributed by atoms with Crippen molar-refractivity contribution in [3.8, 4) is 0 Å². The van der Waals surface area contributed by atoms with Crippen LogP contribution in [0.2, 0.25) is 0 Å². The lowest BCUT2D eigenvalue weighted by molar-refractivity contribution is -0.159. The van der Waals surface area contributed by atoms with Crippen molar-refractivity contribution in [3.63, 3.8) is 0 Å². The van der Waals surface area contributed by atoms with Crippen molar-refractivity contribution in [1.29, 1.82) is 0 Å². The summed E-state index contributed by atoms with van der Waals surface area (Å²) in [6, 6.07) is 10.3. The molecule has 2 rings (SSSR count). The molecule has 0 spiro atoms. The van der Waals surface area contributed by atoms with Gasteiger partial charge in [0, 0.05) is 19.6 Å². The second kappa shape index (κ2) is 8.99. The molecule has 8 heteroatoms. The maximum absolute atomic E-state index is 11.6. The molecule has 0 amide bonds. The van der Waals surface area contributed by atoms with E-state index in [1.54, 1.807) is 0 Å². The van der Waals surface area contributed by atoms with Crippen LogP contribution in [-0.2, 0) is 25.7 Å². The number of carbonyl (C=O) groups excluding carboxylic acids is 1. The van der Waals surface area contributed by atoms with Gasteiger partial charge in [-0.1, -0.05) is 30.3 Å². The van der Waals surface area contributed by atoms with Crippen molar-refractivity contribution in [2.45, 2.75) is 24.9 Å². The van der Waals surface area contributed by atoms with E-state index in [0.717, 1.165) is 19.6 Å². The number of carboxylic acids is 2. The van der Waals surface area contributed by atoms with E-state index in [1.807, 2.05) is 18.2 Å².